The maximum absolute atomic E-state index is 5.85. The van der Waals surface area contributed by atoms with E-state index in [0.29, 0.717) is 6.04 Å². The standard InChI is InChI=1S/C11H19ClN2S/c1-3-14-9(2)6-7-13-8-10-4-5-11(12)15-10/h4-5,9,13-14H,3,6-8H2,1-2H3. The van der Waals surface area contributed by atoms with Gasteiger partial charge in [-0.3, -0.25) is 0 Å². The maximum Gasteiger partial charge on any atom is 0.0931 e. The molecule has 0 saturated heterocycles. The van der Waals surface area contributed by atoms with Crippen LogP contribution in [-0.2, 0) is 6.54 Å². The molecule has 15 heavy (non-hydrogen) atoms. The topological polar surface area (TPSA) is 24.1 Å². The van der Waals surface area contributed by atoms with Crippen LogP contribution in [0.1, 0.15) is 25.1 Å². The van der Waals surface area contributed by atoms with Gasteiger partial charge in [-0.05, 0) is 38.6 Å². The van der Waals surface area contributed by atoms with Gasteiger partial charge in [0.15, 0.2) is 0 Å². The first-order valence-electron chi connectivity index (χ1n) is 5.40. The Morgan fingerprint density at radius 2 is 2.27 bits per heavy atom. The third-order valence-corrected chi connectivity index (χ3v) is 3.47. The molecule has 0 radical (unpaired) electrons. The lowest BCUT2D eigenvalue weighted by molar-refractivity contribution is 0.505. The molecule has 0 bridgehead atoms. The number of hydrogen-bond acceptors (Lipinski definition) is 3. The Hall–Kier alpha value is -0.0900. The van der Waals surface area contributed by atoms with Gasteiger partial charge in [0.25, 0.3) is 0 Å². The summed E-state index contributed by atoms with van der Waals surface area (Å²) in [6.45, 7) is 7.37. The van der Waals surface area contributed by atoms with Crippen molar-refractivity contribution in [3.05, 3.63) is 21.3 Å². The quantitative estimate of drug-likeness (QED) is 0.723. The molecule has 2 nitrogen and oxygen atoms in total. The van der Waals surface area contributed by atoms with Gasteiger partial charge in [0, 0.05) is 17.5 Å². The van der Waals surface area contributed by atoms with Gasteiger partial charge in [-0.2, -0.15) is 0 Å². The van der Waals surface area contributed by atoms with Crippen LogP contribution in [0.3, 0.4) is 0 Å². The Morgan fingerprint density at radius 3 is 2.87 bits per heavy atom. The first-order chi connectivity index (χ1) is 7.22. The Kier molecular flexibility index (Phi) is 6.25. The van der Waals surface area contributed by atoms with Crippen molar-refractivity contribution in [1.29, 1.82) is 0 Å². The van der Waals surface area contributed by atoms with Crippen LogP contribution in [0.2, 0.25) is 4.34 Å². The minimum Gasteiger partial charge on any atom is -0.314 e. The predicted molar refractivity (Wildman–Crippen MR) is 68.8 cm³/mol. The molecule has 0 saturated carbocycles. The summed E-state index contributed by atoms with van der Waals surface area (Å²) in [7, 11) is 0. The van der Waals surface area contributed by atoms with Crippen LogP contribution in [-0.4, -0.2) is 19.1 Å². The van der Waals surface area contributed by atoms with E-state index in [4.69, 9.17) is 11.6 Å². The Labute approximate surface area is 101 Å². The number of rotatable bonds is 7. The van der Waals surface area contributed by atoms with Crippen molar-refractivity contribution in [1.82, 2.24) is 10.6 Å². The van der Waals surface area contributed by atoms with Crippen LogP contribution < -0.4 is 10.6 Å². The molecule has 0 aliphatic rings. The molecule has 0 spiro atoms. The molecule has 86 valence electrons. The zero-order valence-electron chi connectivity index (χ0n) is 9.35. The van der Waals surface area contributed by atoms with Gasteiger partial charge in [0.05, 0.1) is 4.34 Å². The third kappa shape index (κ3) is 5.52. The van der Waals surface area contributed by atoms with Crippen molar-refractivity contribution < 1.29 is 0 Å². The van der Waals surface area contributed by atoms with Crippen LogP contribution in [0.15, 0.2) is 12.1 Å². The van der Waals surface area contributed by atoms with Gasteiger partial charge in [-0.1, -0.05) is 18.5 Å². The van der Waals surface area contributed by atoms with Gasteiger partial charge in [-0.15, -0.1) is 11.3 Å². The van der Waals surface area contributed by atoms with Crippen molar-refractivity contribution >= 4 is 22.9 Å². The zero-order valence-corrected chi connectivity index (χ0v) is 10.9. The van der Waals surface area contributed by atoms with E-state index >= 15 is 0 Å². The molecule has 1 heterocycles. The summed E-state index contributed by atoms with van der Waals surface area (Å²) in [5, 5.41) is 6.81. The molecule has 2 N–H and O–H groups in total. The minimum absolute atomic E-state index is 0.592. The van der Waals surface area contributed by atoms with Crippen LogP contribution in [0, 0.1) is 0 Å². The van der Waals surface area contributed by atoms with Crippen molar-refractivity contribution in [2.45, 2.75) is 32.9 Å². The number of hydrogen-bond donors (Lipinski definition) is 2. The lowest BCUT2D eigenvalue weighted by atomic mass is 10.2. The predicted octanol–water partition coefficient (Wildman–Crippen LogP) is 2.88. The van der Waals surface area contributed by atoms with Crippen molar-refractivity contribution in [2.24, 2.45) is 0 Å². The molecule has 0 aliphatic carbocycles. The average molecular weight is 247 g/mol. The number of thiophene rings is 1. The van der Waals surface area contributed by atoms with Gasteiger partial charge in [0.1, 0.15) is 0 Å². The molecule has 1 atom stereocenters. The molecule has 1 unspecified atom stereocenters. The summed E-state index contributed by atoms with van der Waals surface area (Å²) in [5.41, 5.74) is 0. The fourth-order valence-electron chi connectivity index (χ4n) is 1.43. The second-order valence-corrected chi connectivity index (χ2v) is 5.43. The first kappa shape index (κ1) is 13.0. The van der Waals surface area contributed by atoms with E-state index in [-0.39, 0.29) is 0 Å². The third-order valence-electron chi connectivity index (χ3n) is 2.23. The fourth-order valence-corrected chi connectivity index (χ4v) is 2.48. The number of nitrogens with one attached hydrogen (secondary N) is 2. The average Bonchev–Trinajstić information content (AvgIpc) is 2.60. The Bertz CT molecular complexity index is 275. The summed E-state index contributed by atoms with van der Waals surface area (Å²) < 4.78 is 0.868. The summed E-state index contributed by atoms with van der Waals surface area (Å²) >= 11 is 7.49. The molecule has 1 rings (SSSR count). The smallest absolute Gasteiger partial charge is 0.0931 e. The molecule has 0 fully saturated rings. The normalized spacial score (nSPS) is 13.0. The van der Waals surface area contributed by atoms with Crippen molar-refractivity contribution in [3.8, 4) is 0 Å². The first-order valence-corrected chi connectivity index (χ1v) is 6.60. The summed E-state index contributed by atoms with van der Waals surface area (Å²) in [5.74, 6) is 0. The van der Waals surface area contributed by atoms with Gasteiger partial charge in [-0.25, -0.2) is 0 Å². The van der Waals surface area contributed by atoms with Gasteiger partial charge >= 0.3 is 0 Å². The second-order valence-electron chi connectivity index (χ2n) is 3.63. The van der Waals surface area contributed by atoms with Crippen molar-refractivity contribution in [2.75, 3.05) is 13.1 Å². The minimum atomic E-state index is 0.592. The summed E-state index contributed by atoms with van der Waals surface area (Å²) in [6, 6.07) is 4.62. The van der Waals surface area contributed by atoms with E-state index in [1.807, 2.05) is 6.07 Å². The van der Waals surface area contributed by atoms with Gasteiger partial charge < -0.3 is 10.6 Å². The maximum atomic E-state index is 5.85. The molecule has 1 aromatic heterocycles. The summed E-state index contributed by atoms with van der Waals surface area (Å²) in [4.78, 5) is 1.30. The van der Waals surface area contributed by atoms with E-state index in [1.54, 1.807) is 11.3 Å². The molecule has 0 aliphatic heterocycles. The van der Waals surface area contributed by atoms with E-state index in [0.717, 1.165) is 30.4 Å². The highest BCUT2D eigenvalue weighted by atomic mass is 35.5. The highest BCUT2D eigenvalue weighted by Crippen LogP contribution is 2.20. The van der Waals surface area contributed by atoms with E-state index in [2.05, 4.69) is 30.5 Å². The highest BCUT2D eigenvalue weighted by Gasteiger charge is 2.00. The molecule has 0 aromatic carbocycles. The zero-order chi connectivity index (χ0) is 11.1. The molecular weight excluding hydrogens is 228 g/mol. The van der Waals surface area contributed by atoms with Crippen molar-refractivity contribution in [3.63, 3.8) is 0 Å². The number of halogens is 1. The summed E-state index contributed by atoms with van der Waals surface area (Å²) in [6.07, 6.45) is 1.16. The van der Waals surface area contributed by atoms with Crippen LogP contribution >= 0.6 is 22.9 Å². The lowest BCUT2D eigenvalue weighted by Gasteiger charge is -2.11. The second kappa shape index (κ2) is 7.23. The van der Waals surface area contributed by atoms with E-state index < -0.39 is 0 Å². The molecule has 1 aromatic rings. The SMILES string of the molecule is CCNC(C)CCNCc1ccc(Cl)s1. The van der Waals surface area contributed by atoms with Crippen LogP contribution in [0.4, 0.5) is 0 Å². The van der Waals surface area contributed by atoms with E-state index in [9.17, 15) is 0 Å². The molecular formula is C11H19ClN2S. The van der Waals surface area contributed by atoms with Gasteiger partial charge in [0.2, 0.25) is 0 Å². The lowest BCUT2D eigenvalue weighted by Crippen LogP contribution is -2.29. The van der Waals surface area contributed by atoms with E-state index in [1.165, 1.54) is 4.88 Å². The highest BCUT2D eigenvalue weighted by molar-refractivity contribution is 7.16. The monoisotopic (exact) mass is 246 g/mol. The Morgan fingerprint density at radius 1 is 1.47 bits per heavy atom. The Balaban J connectivity index is 2.06. The van der Waals surface area contributed by atoms with Crippen LogP contribution in [0.5, 0.6) is 0 Å². The molecule has 0 amide bonds. The van der Waals surface area contributed by atoms with Crippen LogP contribution in [0.25, 0.3) is 0 Å². The fraction of sp³-hybridized carbons (Fsp3) is 0.636. The molecule has 4 heteroatoms. The largest absolute Gasteiger partial charge is 0.314 e.